The Hall–Kier alpha value is -2.30. The second-order valence-corrected chi connectivity index (χ2v) is 6.28. The molecule has 2 heterocycles. The van der Waals surface area contributed by atoms with Crippen molar-refractivity contribution >= 4 is 5.91 Å². The SMILES string of the molecule is CC(C)(C)c1ncncc1CNC(=O)CCc1cccnc1. The minimum absolute atomic E-state index is 0.0209. The average Bonchev–Trinajstić information content (AvgIpc) is 2.51. The molecule has 5 nitrogen and oxygen atoms in total. The van der Waals surface area contributed by atoms with Crippen LogP contribution in [0.15, 0.2) is 37.1 Å². The standard InChI is InChI=1S/C17H22N4O/c1-17(2,3)16-14(10-19-12-21-16)11-20-15(22)7-6-13-5-4-8-18-9-13/h4-5,8-10,12H,6-7,11H2,1-3H3,(H,20,22). The van der Waals surface area contributed by atoms with E-state index in [-0.39, 0.29) is 11.3 Å². The van der Waals surface area contributed by atoms with Crippen molar-refractivity contribution in [3.8, 4) is 0 Å². The Labute approximate surface area is 131 Å². The summed E-state index contributed by atoms with van der Waals surface area (Å²) in [4.78, 5) is 24.4. The van der Waals surface area contributed by atoms with Gasteiger partial charge in [0.2, 0.25) is 5.91 Å². The number of aromatic nitrogens is 3. The second-order valence-electron chi connectivity index (χ2n) is 6.28. The Morgan fingerprint density at radius 2 is 2.05 bits per heavy atom. The predicted octanol–water partition coefficient (Wildman–Crippen LogP) is 2.42. The molecule has 1 amide bonds. The van der Waals surface area contributed by atoms with Crippen LogP contribution in [0, 0.1) is 0 Å². The first-order valence-electron chi connectivity index (χ1n) is 7.42. The van der Waals surface area contributed by atoms with Crippen molar-refractivity contribution < 1.29 is 4.79 Å². The molecule has 0 aliphatic carbocycles. The molecule has 0 bridgehead atoms. The van der Waals surface area contributed by atoms with E-state index in [0.717, 1.165) is 16.8 Å². The first-order chi connectivity index (χ1) is 10.5. The van der Waals surface area contributed by atoms with E-state index in [1.165, 1.54) is 0 Å². The maximum Gasteiger partial charge on any atom is 0.220 e. The van der Waals surface area contributed by atoms with E-state index in [0.29, 0.717) is 19.4 Å². The fourth-order valence-corrected chi connectivity index (χ4v) is 2.25. The van der Waals surface area contributed by atoms with Gasteiger partial charge in [0.05, 0.1) is 5.69 Å². The zero-order valence-electron chi connectivity index (χ0n) is 13.3. The smallest absolute Gasteiger partial charge is 0.220 e. The Morgan fingerprint density at radius 3 is 2.73 bits per heavy atom. The molecule has 0 fully saturated rings. The maximum atomic E-state index is 12.0. The summed E-state index contributed by atoms with van der Waals surface area (Å²) in [5, 5.41) is 2.94. The normalized spacial score (nSPS) is 11.2. The van der Waals surface area contributed by atoms with Crippen LogP contribution in [-0.2, 0) is 23.2 Å². The molecule has 2 rings (SSSR count). The number of nitrogens with one attached hydrogen (secondary N) is 1. The van der Waals surface area contributed by atoms with E-state index in [4.69, 9.17) is 0 Å². The van der Waals surface area contributed by atoms with E-state index >= 15 is 0 Å². The number of carbonyl (C=O) groups excluding carboxylic acids is 1. The first kappa shape index (κ1) is 16.1. The molecule has 0 unspecified atom stereocenters. The van der Waals surface area contributed by atoms with Crippen molar-refractivity contribution in [1.82, 2.24) is 20.3 Å². The number of hydrogen-bond acceptors (Lipinski definition) is 4. The molecule has 2 aromatic rings. The molecule has 0 aliphatic rings. The molecule has 0 saturated heterocycles. The first-order valence-corrected chi connectivity index (χ1v) is 7.42. The van der Waals surface area contributed by atoms with Crippen LogP contribution in [0.3, 0.4) is 0 Å². The van der Waals surface area contributed by atoms with Crippen molar-refractivity contribution in [3.05, 3.63) is 53.9 Å². The molecule has 5 heteroatoms. The molecule has 0 atom stereocenters. The number of aryl methyl sites for hydroxylation is 1. The van der Waals surface area contributed by atoms with Crippen LogP contribution in [0.4, 0.5) is 0 Å². The van der Waals surface area contributed by atoms with Crippen molar-refractivity contribution in [2.75, 3.05) is 0 Å². The summed E-state index contributed by atoms with van der Waals surface area (Å²) in [6.07, 6.45) is 7.98. The summed E-state index contributed by atoms with van der Waals surface area (Å²) in [6.45, 7) is 6.76. The highest BCUT2D eigenvalue weighted by atomic mass is 16.1. The van der Waals surface area contributed by atoms with Crippen LogP contribution in [0.5, 0.6) is 0 Å². The van der Waals surface area contributed by atoms with E-state index in [1.807, 2.05) is 12.1 Å². The molecule has 116 valence electrons. The van der Waals surface area contributed by atoms with Crippen LogP contribution < -0.4 is 5.32 Å². The highest BCUT2D eigenvalue weighted by Gasteiger charge is 2.19. The summed E-state index contributed by atoms with van der Waals surface area (Å²) in [5.74, 6) is 0.0209. The van der Waals surface area contributed by atoms with Crippen LogP contribution in [0.25, 0.3) is 0 Å². The van der Waals surface area contributed by atoms with Crippen LogP contribution in [0.2, 0.25) is 0 Å². The zero-order chi connectivity index (χ0) is 16.0. The summed E-state index contributed by atoms with van der Waals surface area (Å²) >= 11 is 0. The lowest BCUT2D eigenvalue weighted by atomic mass is 9.89. The van der Waals surface area contributed by atoms with Gasteiger partial charge in [-0.1, -0.05) is 26.8 Å². The number of hydrogen-bond donors (Lipinski definition) is 1. The summed E-state index contributed by atoms with van der Waals surface area (Å²) in [7, 11) is 0. The minimum Gasteiger partial charge on any atom is -0.352 e. The van der Waals surface area contributed by atoms with Crippen molar-refractivity contribution in [2.24, 2.45) is 0 Å². The maximum absolute atomic E-state index is 12.0. The predicted molar refractivity (Wildman–Crippen MR) is 85.1 cm³/mol. The quantitative estimate of drug-likeness (QED) is 0.920. The summed E-state index contributed by atoms with van der Waals surface area (Å²) in [5.41, 5.74) is 2.93. The fraction of sp³-hybridized carbons (Fsp3) is 0.412. The lowest BCUT2D eigenvalue weighted by molar-refractivity contribution is -0.121. The third-order valence-corrected chi connectivity index (χ3v) is 3.34. The number of carbonyl (C=O) groups is 1. The van der Waals surface area contributed by atoms with Gasteiger partial charge in [0.25, 0.3) is 0 Å². The van der Waals surface area contributed by atoms with Gasteiger partial charge >= 0.3 is 0 Å². The van der Waals surface area contributed by atoms with Crippen LogP contribution in [-0.4, -0.2) is 20.9 Å². The highest BCUT2D eigenvalue weighted by molar-refractivity contribution is 5.76. The van der Waals surface area contributed by atoms with Gasteiger partial charge in [-0.25, -0.2) is 9.97 Å². The molecule has 0 saturated carbocycles. The second kappa shape index (κ2) is 7.11. The van der Waals surface area contributed by atoms with E-state index in [1.54, 1.807) is 24.9 Å². The number of amides is 1. The van der Waals surface area contributed by atoms with Gasteiger partial charge in [-0.2, -0.15) is 0 Å². The van der Waals surface area contributed by atoms with Gasteiger partial charge in [0.1, 0.15) is 6.33 Å². The summed E-state index contributed by atoms with van der Waals surface area (Å²) < 4.78 is 0. The zero-order valence-corrected chi connectivity index (χ0v) is 13.3. The molecule has 2 aromatic heterocycles. The van der Waals surface area contributed by atoms with Gasteiger partial charge in [0, 0.05) is 42.5 Å². The Balaban J connectivity index is 1.89. The average molecular weight is 298 g/mol. The molecule has 0 aliphatic heterocycles. The number of pyridine rings is 1. The number of rotatable bonds is 5. The van der Waals surface area contributed by atoms with Crippen LogP contribution in [0.1, 0.15) is 44.0 Å². The molecule has 0 aromatic carbocycles. The Kier molecular flexibility index (Phi) is 5.20. The lowest BCUT2D eigenvalue weighted by Crippen LogP contribution is -2.26. The van der Waals surface area contributed by atoms with Gasteiger partial charge in [-0.15, -0.1) is 0 Å². The van der Waals surface area contributed by atoms with Gasteiger partial charge in [-0.05, 0) is 18.1 Å². The molecular weight excluding hydrogens is 276 g/mol. The Morgan fingerprint density at radius 1 is 1.23 bits per heavy atom. The Bertz CT molecular complexity index is 620. The van der Waals surface area contributed by atoms with Crippen molar-refractivity contribution in [1.29, 1.82) is 0 Å². The molecule has 1 N–H and O–H groups in total. The van der Waals surface area contributed by atoms with Gasteiger partial charge < -0.3 is 5.32 Å². The molecule has 0 radical (unpaired) electrons. The van der Waals surface area contributed by atoms with Gasteiger partial charge in [-0.3, -0.25) is 9.78 Å². The molecular formula is C17H22N4O. The third kappa shape index (κ3) is 4.62. The van der Waals surface area contributed by atoms with Gasteiger partial charge in [0.15, 0.2) is 0 Å². The topological polar surface area (TPSA) is 67.8 Å². The van der Waals surface area contributed by atoms with Crippen LogP contribution >= 0.6 is 0 Å². The monoisotopic (exact) mass is 298 g/mol. The summed E-state index contributed by atoms with van der Waals surface area (Å²) in [6, 6.07) is 3.85. The lowest BCUT2D eigenvalue weighted by Gasteiger charge is -2.21. The molecule has 0 spiro atoms. The van der Waals surface area contributed by atoms with E-state index in [9.17, 15) is 4.79 Å². The van der Waals surface area contributed by atoms with E-state index < -0.39 is 0 Å². The van der Waals surface area contributed by atoms with Crippen molar-refractivity contribution in [2.45, 2.75) is 45.6 Å². The largest absolute Gasteiger partial charge is 0.352 e. The fourth-order valence-electron chi connectivity index (χ4n) is 2.25. The highest BCUT2D eigenvalue weighted by Crippen LogP contribution is 2.22. The minimum atomic E-state index is -0.0707. The number of nitrogens with zero attached hydrogens (tertiary/aromatic N) is 3. The van der Waals surface area contributed by atoms with E-state index in [2.05, 4.69) is 41.0 Å². The third-order valence-electron chi connectivity index (χ3n) is 3.34. The molecule has 22 heavy (non-hydrogen) atoms. The van der Waals surface area contributed by atoms with Crippen molar-refractivity contribution in [3.63, 3.8) is 0 Å².